The Morgan fingerprint density at radius 2 is 2.26 bits per heavy atom. The van der Waals surface area contributed by atoms with Gasteiger partial charge in [-0.1, -0.05) is 6.92 Å². The highest BCUT2D eigenvalue weighted by atomic mass is 16.5. The van der Waals surface area contributed by atoms with Crippen LogP contribution in [0.5, 0.6) is 5.75 Å². The van der Waals surface area contributed by atoms with Crippen molar-refractivity contribution in [3.8, 4) is 5.75 Å². The normalized spacial score (nSPS) is 19.5. The summed E-state index contributed by atoms with van der Waals surface area (Å²) in [5.74, 6) is 0.848. The third kappa shape index (κ3) is 3.53. The van der Waals surface area contributed by atoms with Gasteiger partial charge < -0.3 is 20.1 Å². The quantitative estimate of drug-likeness (QED) is 0.831. The van der Waals surface area contributed by atoms with Gasteiger partial charge in [0.1, 0.15) is 5.75 Å². The lowest BCUT2D eigenvalue weighted by molar-refractivity contribution is 0.0441. The van der Waals surface area contributed by atoms with Crippen LogP contribution in [0.15, 0.2) is 18.2 Å². The van der Waals surface area contributed by atoms with Crippen LogP contribution in [0.25, 0.3) is 0 Å². The Morgan fingerprint density at radius 1 is 1.42 bits per heavy atom. The minimum absolute atomic E-state index is 0.319. The first-order chi connectivity index (χ1) is 9.24. The molecule has 2 N–H and O–H groups in total. The van der Waals surface area contributed by atoms with E-state index in [1.54, 1.807) is 7.11 Å². The van der Waals surface area contributed by atoms with Crippen molar-refractivity contribution >= 4 is 11.4 Å². The zero-order valence-corrected chi connectivity index (χ0v) is 11.9. The van der Waals surface area contributed by atoms with Crippen molar-refractivity contribution in [3.05, 3.63) is 18.2 Å². The van der Waals surface area contributed by atoms with Gasteiger partial charge >= 0.3 is 0 Å². The molecule has 0 radical (unpaired) electrons. The van der Waals surface area contributed by atoms with E-state index in [1.165, 1.54) is 0 Å². The summed E-state index contributed by atoms with van der Waals surface area (Å²) in [6.07, 6.45) is 3.67. The smallest absolute Gasteiger partial charge is 0.121 e. The van der Waals surface area contributed by atoms with E-state index in [4.69, 9.17) is 15.2 Å². The van der Waals surface area contributed by atoms with E-state index >= 15 is 0 Å². The first kappa shape index (κ1) is 14.0. The van der Waals surface area contributed by atoms with E-state index in [1.807, 2.05) is 18.2 Å². The largest absolute Gasteiger partial charge is 0.497 e. The molecule has 106 valence electrons. The molecular formula is C15H24N2O2. The van der Waals surface area contributed by atoms with Crippen molar-refractivity contribution in [2.45, 2.75) is 32.3 Å². The van der Waals surface area contributed by atoms with Crippen LogP contribution in [0, 0.1) is 0 Å². The average Bonchev–Trinajstić information content (AvgIpc) is 2.46. The molecule has 4 heteroatoms. The second kappa shape index (κ2) is 6.66. The monoisotopic (exact) mass is 264 g/mol. The maximum Gasteiger partial charge on any atom is 0.121 e. The topological polar surface area (TPSA) is 47.7 Å². The van der Waals surface area contributed by atoms with Gasteiger partial charge in [-0.25, -0.2) is 0 Å². The number of benzene rings is 1. The standard InChI is InChI=1S/C15H24N2O2/c1-3-9-19-13-5-4-8-17(11-13)15-10-12(18-2)6-7-14(15)16/h6-7,10,13H,3-5,8-9,11,16H2,1-2H3. The zero-order valence-electron chi connectivity index (χ0n) is 11.9. The fourth-order valence-electron chi connectivity index (χ4n) is 2.50. The molecule has 1 aromatic rings. The summed E-state index contributed by atoms with van der Waals surface area (Å²) < 4.78 is 11.1. The summed E-state index contributed by atoms with van der Waals surface area (Å²) >= 11 is 0. The Hall–Kier alpha value is -1.42. The lowest BCUT2D eigenvalue weighted by Gasteiger charge is -2.35. The van der Waals surface area contributed by atoms with Gasteiger partial charge in [0.25, 0.3) is 0 Å². The van der Waals surface area contributed by atoms with Gasteiger partial charge in [0.2, 0.25) is 0 Å². The van der Waals surface area contributed by atoms with Crippen LogP contribution >= 0.6 is 0 Å². The highest BCUT2D eigenvalue weighted by Crippen LogP contribution is 2.30. The SMILES string of the molecule is CCCOC1CCCN(c2cc(OC)ccc2N)C1. The number of ether oxygens (including phenoxy) is 2. The lowest BCUT2D eigenvalue weighted by atomic mass is 10.1. The van der Waals surface area contributed by atoms with Crippen molar-refractivity contribution in [3.63, 3.8) is 0 Å². The minimum atomic E-state index is 0.319. The van der Waals surface area contributed by atoms with Gasteiger partial charge in [-0.3, -0.25) is 0 Å². The third-order valence-corrected chi connectivity index (χ3v) is 3.51. The van der Waals surface area contributed by atoms with Crippen LogP contribution in [0.4, 0.5) is 11.4 Å². The fourth-order valence-corrected chi connectivity index (χ4v) is 2.50. The van der Waals surface area contributed by atoms with E-state index < -0.39 is 0 Å². The van der Waals surface area contributed by atoms with Crippen molar-refractivity contribution in [2.24, 2.45) is 0 Å². The number of hydrogen-bond donors (Lipinski definition) is 1. The van der Waals surface area contributed by atoms with Gasteiger partial charge in [-0.2, -0.15) is 0 Å². The van der Waals surface area contributed by atoms with Crippen molar-refractivity contribution < 1.29 is 9.47 Å². The number of nitrogens with two attached hydrogens (primary N) is 1. The first-order valence-electron chi connectivity index (χ1n) is 7.04. The van der Waals surface area contributed by atoms with E-state index in [2.05, 4.69) is 11.8 Å². The third-order valence-electron chi connectivity index (χ3n) is 3.51. The zero-order chi connectivity index (χ0) is 13.7. The lowest BCUT2D eigenvalue weighted by Crippen LogP contribution is -2.40. The van der Waals surface area contributed by atoms with Gasteiger partial charge in [0.15, 0.2) is 0 Å². The summed E-state index contributed by atoms with van der Waals surface area (Å²) in [6, 6.07) is 5.82. The van der Waals surface area contributed by atoms with Crippen molar-refractivity contribution in [1.29, 1.82) is 0 Å². The number of rotatable bonds is 5. The second-order valence-corrected chi connectivity index (χ2v) is 5.01. The average molecular weight is 264 g/mol. The van der Waals surface area contributed by atoms with E-state index in [0.717, 1.165) is 56.1 Å². The summed E-state index contributed by atoms with van der Waals surface area (Å²) in [6.45, 7) is 4.92. The summed E-state index contributed by atoms with van der Waals surface area (Å²) in [5, 5.41) is 0. The van der Waals surface area contributed by atoms with Crippen LogP contribution in [0.2, 0.25) is 0 Å². The molecule has 4 nitrogen and oxygen atoms in total. The molecule has 1 atom stereocenters. The highest BCUT2D eigenvalue weighted by molar-refractivity contribution is 5.69. The highest BCUT2D eigenvalue weighted by Gasteiger charge is 2.22. The molecule has 1 heterocycles. The Balaban J connectivity index is 2.08. The van der Waals surface area contributed by atoms with Crippen LogP contribution in [0.3, 0.4) is 0 Å². The molecule has 1 fully saturated rings. The molecule has 1 unspecified atom stereocenters. The van der Waals surface area contributed by atoms with Gasteiger partial charge in [0.05, 0.1) is 24.6 Å². The Labute approximate surface area is 115 Å². The number of nitrogens with zero attached hydrogens (tertiary/aromatic N) is 1. The number of nitrogen functional groups attached to an aromatic ring is 1. The summed E-state index contributed by atoms with van der Waals surface area (Å²) in [4.78, 5) is 2.31. The Morgan fingerprint density at radius 3 is 3.00 bits per heavy atom. The molecule has 0 aromatic heterocycles. The number of anilines is 2. The van der Waals surface area contributed by atoms with Crippen LogP contribution in [-0.2, 0) is 4.74 Å². The van der Waals surface area contributed by atoms with E-state index in [0.29, 0.717) is 6.10 Å². The number of hydrogen-bond acceptors (Lipinski definition) is 4. The molecule has 0 saturated carbocycles. The number of methoxy groups -OCH3 is 1. The molecule has 0 aliphatic carbocycles. The summed E-state index contributed by atoms with van der Waals surface area (Å²) in [5.41, 5.74) is 7.94. The molecule has 1 saturated heterocycles. The van der Waals surface area contributed by atoms with Crippen molar-refractivity contribution in [2.75, 3.05) is 37.4 Å². The molecule has 1 aromatic carbocycles. The van der Waals surface area contributed by atoms with Crippen LogP contribution < -0.4 is 15.4 Å². The maximum atomic E-state index is 6.08. The fraction of sp³-hybridized carbons (Fsp3) is 0.600. The second-order valence-electron chi connectivity index (χ2n) is 5.01. The molecule has 1 aliphatic rings. The molecule has 1 aliphatic heterocycles. The van der Waals surface area contributed by atoms with Gasteiger partial charge in [-0.05, 0) is 31.4 Å². The van der Waals surface area contributed by atoms with E-state index in [9.17, 15) is 0 Å². The Bertz CT molecular complexity index is 409. The van der Waals surface area contributed by atoms with Crippen molar-refractivity contribution in [1.82, 2.24) is 0 Å². The Kier molecular flexibility index (Phi) is 4.91. The predicted molar refractivity (Wildman–Crippen MR) is 78.9 cm³/mol. The van der Waals surface area contributed by atoms with Crippen LogP contribution in [-0.4, -0.2) is 32.9 Å². The van der Waals surface area contributed by atoms with Gasteiger partial charge in [-0.15, -0.1) is 0 Å². The molecule has 2 rings (SSSR count). The molecular weight excluding hydrogens is 240 g/mol. The van der Waals surface area contributed by atoms with E-state index in [-0.39, 0.29) is 0 Å². The molecule has 0 spiro atoms. The number of piperidine rings is 1. The molecule has 0 amide bonds. The first-order valence-corrected chi connectivity index (χ1v) is 7.04. The molecule has 0 bridgehead atoms. The van der Waals surface area contributed by atoms with Crippen LogP contribution in [0.1, 0.15) is 26.2 Å². The summed E-state index contributed by atoms with van der Waals surface area (Å²) in [7, 11) is 1.68. The predicted octanol–water partition coefficient (Wildman–Crippen LogP) is 2.67. The minimum Gasteiger partial charge on any atom is -0.497 e. The molecule has 19 heavy (non-hydrogen) atoms. The maximum absolute atomic E-state index is 6.08. The van der Waals surface area contributed by atoms with Gasteiger partial charge in [0, 0.05) is 25.8 Å².